The largest absolute Gasteiger partial charge is 0.761 e. The van der Waals surface area contributed by atoms with E-state index in [0.29, 0.717) is 11.1 Å². The Morgan fingerprint density at radius 2 is 1.30 bits per heavy atom. The zero-order chi connectivity index (χ0) is 21.3. The van der Waals surface area contributed by atoms with E-state index in [1.54, 1.807) is 72.8 Å². The Balaban J connectivity index is 1.88. The van der Waals surface area contributed by atoms with Crippen LogP contribution in [0.3, 0.4) is 0 Å². The molecule has 0 amide bonds. The van der Waals surface area contributed by atoms with Crippen molar-refractivity contribution in [1.29, 1.82) is 0 Å². The van der Waals surface area contributed by atoms with Gasteiger partial charge in [0.25, 0.3) is 0 Å². The van der Waals surface area contributed by atoms with Gasteiger partial charge in [-0.25, -0.2) is 5.23 Å². The smallest absolute Gasteiger partial charge is 0.193 e. The van der Waals surface area contributed by atoms with E-state index in [0.717, 1.165) is 0 Å². The average molecular weight is 400 g/mol. The molecule has 150 valence electrons. The Morgan fingerprint density at radius 3 is 1.80 bits per heavy atom. The van der Waals surface area contributed by atoms with Gasteiger partial charge in [0.15, 0.2) is 22.9 Å². The van der Waals surface area contributed by atoms with E-state index in [1.807, 2.05) is 0 Å². The predicted octanol–water partition coefficient (Wildman–Crippen LogP) is 4.05. The molecule has 3 aromatic rings. The highest BCUT2D eigenvalue weighted by molar-refractivity contribution is 6.33. The zero-order valence-electron chi connectivity index (χ0n) is 15.9. The minimum Gasteiger partial charge on any atom is -0.761 e. The van der Waals surface area contributed by atoms with Crippen LogP contribution in [-0.4, -0.2) is 33.3 Å². The first kappa shape index (κ1) is 19.8. The van der Waals surface area contributed by atoms with E-state index < -0.39 is 28.2 Å². The van der Waals surface area contributed by atoms with Crippen molar-refractivity contribution in [3.63, 3.8) is 0 Å². The second kappa shape index (κ2) is 7.76. The molecule has 6 nitrogen and oxygen atoms in total. The van der Waals surface area contributed by atoms with Gasteiger partial charge in [-0.1, -0.05) is 84.9 Å². The molecule has 6 heteroatoms. The van der Waals surface area contributed by atoms with Crippen LogP contribution < -0.4 is 0 Å². The van der Waals surface area contributed by atoms with Crippen molar-refractivity contribution in [3.8, 4) is 0 Å². The zero-order valence-corrected chi connectivity index (χ0v) is 15.9. The van der Waals surface area contributed by atoms with Gasteiger partial charge in [0.2, 0.25) is 0 Å². The van der Waals surface area contributed by atoms with E-state index in [9.17, 15) is 24.8 Å². The summed E-state index contributed by atoms with van der Waals surface area (Å²) in [6.07, 6.45) is -0.307. The second-order valence-corrected chi connectivity index (χ2v) is 7.20. The van der Waals surface area contributed by atoms with Crippen LogP contribution in [-0.2, 0) is 0 Å². The molecule has 0 bridgehead atoms. The first-order valence-corrected chi connectivity index (χ1v) is 9.46. The highest BCUT2D eigenvalue weighted by Crippen LogP contribution is 2.45. The van der Waals surface area contributed by atoms with E-state index in [2.05, 4.69) is 0 Å². The van der Waals surface area contributed by atoms with Crippen molar-refractivity contribution < 1.29 is 19.6 Å². The fourth-order valence-electron chi connectivity index (χ4n) is 4.14. The topological polar surface area (TPSA) is 97.7 Å². The number of rotatable bonds is 6. The van der Waals surface area contributed by atoms with Gasteiger partial charge < -0.3 is 10.4 Å². The van der Waals surface area contributed by atoms with E-state index in [-0.39, 0.29) is 23.3 Å². The summed E-state index contributed by atoms with van der Waals surface area (Å²) < 4.78 is 0. The quantitative estimate of drug-likeness (QED) is 0.381. The minimum atomic E-state index is -2.46. The molecular weight excluding hydrogens is 382 g/mol. The van der Waals surface area contributed by atoms with Crippen LogP contribution in [0.5, 0.6) is 0 Å². The Kier molecular flexibility index (Phi) is 5.13. The first-order valence-electron chi connectivity index (χ1n) is 9.46. The number of carbonyl (C=O) groups excluding carboxylic acids is 3. The minimum absolute atomic E-state index is 0.0606. The van der Waals surface area contributed by atoms with Crippen molar-refractivity contribution in [3.05, 3.63) is 112 Å². The number of nitrogens with zero attached hydrogens (tertiary/aromatic N) is 1. The van der Waals surface area contributed by atoms with Gasteiger partial charge in [0, 0.05) is 29.0 Å². The average Bonchev–Trinajstić information content (AvgIpc) is 3.01. The van der Waals surface area contributed by atoms with Crippen LogP contribution >= 0.6 is 0 Å². The maximum absolute atomic E-state index is 13.4. The molecule has 0 fully saturated rings. The van der Waals surface area contributed by atoms with Crippen molar-refractivity contribution >= 4 is 17.3 Å². The Morgan fingerprint density at radius 1 is 0.833 bits per heavy atom. The van der Waals surface area contributed by atoms with Crippen LogP contribution in [0.25, 0.3) is 0 Å². The Bertz CT molecular complexity index is 1070. The van der Waals surface area contributed by atoms with Gasteiger partial charge in [-0.3, -0.25) is 14.4 Å². The molecule has 0 saturated heterocycles. The normalized spacial score (nSPS) is 15.8. The standard InChI is InChI=1S/C24H18NO5/c26-21(17-11-5-2-6-12-17)15-20(16-9-3-1-4-10-16)24(25(29)30)22(27)18-13-7-8-14-19(18)23(24)28/h1-14,20,29H,15H2/q-1. The maximum Gasteiger partial charge on any atom is 0.193 e. The van der Waals surface area contributed by atoms with Gasteiger partial charge >= 0.3 is 0 Å². The maximum atomic E-state index is 13.4. The number of fused-ring (bicyclic) bond motifs is 1. The van der Waals surface area contributed by atoms with E-state index in [4.69, 9.17) is 0 Å². The number of hydrogen-bond donors (Lipinski definition) is 1. The Labute approximate surface area is 172 Å². The van der Waals surface area contributed by atoms with Gasteiger partial charge in [0.1, 0.15) is 0 Å². The molecule has 1 aliphatic carbocycles. The SMILES string of the molecule is O=C(CC(c1ccccc1)C1(N([O-])O)C(=O)c2ccccc2C1=O)c1ccccc1. The number of Topliss-reactive ketones (excluding diaryl/α,β-unsaturated/α-hetero) is 3. The molecule has 0 aliphatic heterocycles. The first-order chi connectivity index (χ1) is 14.5. The third kappa shape index (κ3) is 2.98. The molecule has 0 spiro atoms. The van der Waals surface area contributed by atoms with Gasteiger partial charge in [-0.2, -0.15) is 0 Å². The number of carbonyl (C=O) groups is 3. The lowest BCUT2D eigenvalue weighted by Gasteiger charge is -2.43. The summed E-state index contributed by atoms with van der Waals surface area (Å²) in [5.41, 5.74) is -1.52. The lowest BCUT2D eigenvalue weighted by atomic mass is 9.73. The van der Waals surface area contributed by atoms with E-state index >= 15 is 0 Å². The highest BCUT2D eigenvalue weighted by Gasteiger charge is 2.59. The lowest BCUT2D eigenvalue weighted by molar-refractivity contribution is -0.104. The number of hydrogen-bond acceptors (Lipinski definition) is 6. The number of ketones is 3. The summed E-state index contributed by atoms with van der Waals surface area (Å²) in [6.45, 7) is 0. The van der Waals surface area contributed by atoms with Crippen molar-refractivity contribution in [2.24, 2.45) is 0 Å². The van der Waals surface area contributed by atoms with Crippen LogP contribution in [0.2, 0.25) is 0 Å². The molecule has 0 radical (unpaired) electrons. The molecule has 3 aromatic carbocycles. The summed E-state index contributed by atoms with van der Waals surface area (Å²) in [5, 5.41) is 22.1. The predicted molar refractivity (Wildman–Crippen MR) is 109 cm³/mol. The number of benzene rings is 3. The molecule has 1 atom stereocenters. The number of hydroxylamine groups is 2. The summed E-state index contributed by atoms with van der Waals surface area (Å²) in [7, 11) is 0. The van der Waals surface area contributed by atoms with Gasteiger partial charge in [-0.15, -0.1) is 0 Å². The summed E-state index contributed by atoms with van der Waals surface area (Å²) in [6, 6.07) is 22.9. The summed E-state index contributed by atoms with van der Waals surface area (Å²) in [5.74, 6) is -3.14. The summed E-state index contributed by atoms with van der Waals surface area (Å²) >= 11 is 0. The van der Waals surface area contributed by atoms with Crippen LogP contribution in [0, 0.1) is 5.21 Å². The molecule has 1 N–H and O–H groups in total. The Hall–Kier alpha value is -3.45. The van der Waals surface area contributed by atoms with Gasteiger partial charge in [0.05, 0.1) is 0 Å². The lowest BCUT2D eigenvalue weighted by Crippen LogP contribution is -2.57. The van der Waals surface area contributed by atoms with Crippen LogP contribution in [0.4, 0.5) is 0 Å². The van der Waals surface area contributed by atoms with Gasteiger partial charge in [-0.05, 0) is 5.56 Å². The third-order valence-corrected chi connectivity index (χ3v) is 5.60. The molecule has 0 saturated carbocycles. The van der Waals surface area contributed by atoms with Crippen LogP contribution in [0.1, 0.15) is 49.0 Å². The second-order valence-electron chi connectivity index (χ2n) is 7.20. The molecular formula is C24H18NO5-. The highest BCUT2D eigenvalue weighted by atomic mass is 16.8. The van der Waals surface area contributed by atoms with Crippen molar-refractivity contribution in [1.82, 2.24) is 5.23 Å². The summed E-state index contributed by atoms with van der Waals surface area (Å²) in [4.78, 5) is 39.8. The molecule has 30 heavy (non-hydrogen) atoms. The molecule has 1 unspecified atom stereocenters. The molecule has 0 heterocycles. The molecule has 0 aromatic heterocycles. The molecule has 1 aliphatic rings. The fraction of sp³-hybridized carbons (Fsp3) is 0.125. The fourth-order valence-corrected chi connectivity index (χ4v) is 4.14. The molecule has 4 rings (SSSR count). The van der Waals surface area contributed by atoms with Crippen molar-refractivity contribution in [2.45, 2.75) is 17.9 Å². The third-order valence-electron chi connectivity index (χ3n) is 5.60. The van der Waals surface area contributed by atoms with Crippen molar-refractivity contribution in [2.75, 3.05) is 0 Å². The monoisotopic (exact) mass is 400 g/mol. The van der Waals surface area contributed by atoms with E-state index in [1.165, 1.54) is 12.1 Å². The van der Waals surface area contributed by atoms with Crippen LogP contribution in [0.15, 0.2) is 84.9 Å².